The topological polar surface area (TPSA) is 46.2 Å². The first-order valence-electron chi connectivity index (χ1n) is 8.97. The van der Waals surface area contributed by atoms with Crippen LogP contribution in [-0.4, -0.2) is 17.7 Å². The third-order valence-corrected chi connectivity index (χ3v) is 5.07. The second kappa shape index (κ2) is 8.09. The summed E-state index contributed by atoms with van der Waals surface area (Å²) in [5.74, 6) is -0.339. The van der Waals surface area contributed by atoms with Crippen molar-refractivity contribution in [2.75, 3.05) is 0 Å². The van der Waals surface area contributed by atoms with Crippen molar-refractivity contribution < 1.29 is 9.59 Å². The minimum atomic E-state index is -0.442. The van der Waals surface area contributed by atoms with Gasteiger partial charge in [0.15, 0.2) is 0 Å². The Labute approximate surface area is 143 Å². The molecule has 1 fully saturated rings. The zero-order valence-corrected chi connectivity index (χ0v) is 14.0. The predicted molar refractivity (Wildman–Crippen MR) is 95.5 cm³/mol. The van der Waals surface area contributed by atoms with Crippen molar-refractivity contribution in [2.45, 2.75) is 51.0 Å². The van der Waals surface area contributed by atoms with E-state index < -0.39 is 5.91 Å². The highest BCUT2D eigenvalue weighted by atomic mass is 16.2. The van der Waals surface area contributed by atoms with Gasteiger partial charge in [-0.1, -0.05) is 67.8 Å². The molecule has 24 heavy (non-hydrogen) atoms. The number of rotatable bonds is 6. The van der Waals surface area contributed by atoms with Crippen LogP contribution in [0.4, 0.5) is 0 Å². The molecule has 1 saturated carbocycles. The molecule has 1 unspecified atom stereocenters. The quantitative estimate of drug-likeness (QED) is 0.811. The highest BCUT2D eigenvalue weighted by Crippen LogP contribution is 2.31. The molecule has 1 aromatic carbocycles. The number of ketones is 1. The van der Waals surface area contributed by atoms with Gasteiger partial charge >= 0.3 is 0 Å². The Morgan fingerprint density at radius 1 is 1.08 bits per heavy atom. The van der Waals surface area contributed by atoms with Gasteiger partial charge in [-0.2, -0.15) is 0 Å². The van der Waals surface area contributed by atoms with Crippen LogP contribution in [0.5, 0.6) is 0 Å². The van der Waals surface area contributed by atoms with Crippen LogP contribution in [0.3, 0.4) is 0 Å². The minimum absolute atomic E-state index is 0.00697. The monoisotopic (exact) mass is 323 g/mol. The molecule has 0 bridgehead atoms. The number of hydrogen-bond donors (Lipinski definition) is 1. The third-order valence-electron chi connectivity index (χ3n) is 5.07. The highest BCUT2D eigenvalue weighted by Gasteiger charge is 2.29. The van der Waals surface area contributed by atoms with Gasteiger partial charge in [-0.15, -0.1) is 0 Å². The number of allylic oxidation sites excluding steroid dienone is 3. The smallest absolute Gasteiger partial charge is 0.288 e. The first-order valence-corrected chi connectivity index (χ1v) is 8.97. The van der Waals surface area contributed by atoms with Crippen molar-refractivity contribution in [3.8, 4) is 0 Å². The van der Waals surface area contributed by atoms with Crippen molar-refractivity contribution >= 4 is 11.7 Å². The fourth-order valence-corrected chi connectivity index (χ4v) is 3.76. The van der Waals surface area contributed by atoms with Crippen molar-refractivity contribution in [1.82, 2.24) is 5.32 Å². The summed E-state index contributed by atoms with van der Waals surface area (Å²) in [7, 11) is 0. The summed E-state index contributed by atoms with van der Waals surface area (Å²) in [4.78, 5) is 24.7. The fourth-order valence-electron chi connectivity index (χ4n) is 3.76. The molecule has 0 aromatic heterocycles. The summed E-state index contributed by atoms with van der Waals surface area (Å²) in [5, 5.41) is 3.05. The minimum Gasteiger partial charge on any atom is -0.343 e. The third kappa shape index (κ3) is 4.22. The number of Topliss-reactive ketones (excluding diaryl/α,β-unsaturated/α-hetero) is 1. The van der Waals surface area contributed by atoms with Gasteiger partial charge in [0, 0.05) is 6.42 Å². The van der Waals surface area contributed by atoms with Gasteiger partial charge in [-0.3, -0.25) is 9.59 Å². The average Bonchev–Trinajstić information content (AvgIpc) is 3.15. The molecule has 1 atom stereocenters. The molecule has 1 aromatic rings. The summed E-state index contributed by atoms with van der Waals surface area (Å²) < 4.78 is 0. The average molecular weight is 323 g/mol. The standard InChI is InChI=1S/C21H25NO2/c23-19(15-16-9-3-1-4-10-16)21(24)22-20(18-13-7-8-14-18)17-11-5-2-6-12-17/h1,3-4,7-10,13,17,20H,2,5-6,11-12,14-15H2,(H,22,24). The summed E-state index contributed by atoms with van der Waals surface area (Å²) >= 11 is 0. The molecule has 1 N–H and O–H groups in total. The molecule has 0 aliphatic heterocycles. The van der Waals surface area contributed by atoms with E-state index in [9.17, 15) is 9.59 Å². The SMILES string of the molecule is O=C(Cc1ccccc1)C(=O)NC(C1=CC=CC1)C1CCCCC1. The molecule has 0 spiro atoms. The van der Waals surface area contributed by atoms with Gasteiger partial charge in [0.1, 0.15) is 0 Å². The van der Waals surface area contributed by atoms with E-state index in [1.54, 1.807) is 0 Å². The number of benzene rings is 1. The lowest BCUT2D eigenvalue weighted by molar-refractivity contribution is -0.138. The lowest BCUT2D eigenvalue weighted by atomic mass is 9.80. The molecule has 3 rings (SSSR count). The van der Waals surface area contributed by atoms with Crippen molar-refractivity contribution in [1.29, 1.82) is 0 Å². The fraction of sp³-hybridized carbons (Fsp3) is 0.429. The van der Waals surface area contributed by atoms with Crippen LogP contribution in [-0.2, 0) is 16.0 Å². The summed E-state index contributed by atoms with van der Waals surface area (Å²) in [6.45, 7) is 0. The second-order valence-electron chi connectivity index (χ2n) is 6.81. The molecule has 1 amide bonds. The van der Waals surface area contributed by atoms with E-state index in [-0.39, 0.29) is 18.2 Å². The van der Waals surface area contributed by atoms with Crippen molar-refractivity contribution in [3.05, 3.63) is 59.7 Å². The number of carbonyl (C=O) groups excluding carboxylic acids is 2. The Kier molecular flexibility index (Phi) is 5.63. The van der Waals surface area contributed by atoms with Gasteiger partial charge in [0.2, 0.25) is 5.78 Å². The van der Waals surface area contributed by atoms with Crippen LogP contribution < -0.4 is 5.32 Å². The van der Waals surface area contributed by atoms with E-state index in [0.29, 0.717) is 5.92 Å². The predicted octanol–water partition coefficient (Wildman–Crippen LogP) is 3.75. The molecule has 126 valence electrons. The van der Waals surface area contributed by atoms with Gasteiger partial charge in [-0.25, -0.2) is 0 Å². The zero-order valence-electron chi connectivity index (χ0n) is 14.0. The van der Waals surface area contributed by atoms with E-state index in [0.717, 1.165) is 24.8 Å². The maximum atomic E-state index is 12.4. The zero-order chi connectivity index (χ0) is 16.8. The number of amides is 1. The second-order valence-corrected chi connectivity index (χ2v) is 6.81. The van der Waals surface area contributed by atoms with E-state index in [1.165, 1.54) is 24.8 Å². The Morgan fingerprint density at radius 2 is 1.83 bits per heavy atom. The maximum absolute atomic E-state index is 12.4. The molecular weight excluding hydrogens is 298 g/mol. The van der Waals surface area contributed by atoms with Gasteiger partial charge in [-0.05, 0) is 36.3 Å². The van der Waals surface area contributed by atoms with E-state index in [2.05, 4.69) is 17.5 Å². The van der Waals surface area contributed by atoms with E-state index >= 15 is 0 Å². The maximum Gasteiger partial charge on any atom is 0.288 e. The lowest BCUT2D eigenvalue weighted by Crippen LogP contribution is -2.45. The molecule has 2 aliphatic rings. The first-order chi connectivity index (χ1) is 11.7. The van der Waals surface area contributed by atoms with Gasteiger partial charge in [0.25, 0.3) is 5.91 Å². The first kappa shape index (κ1) is 16.7. The number of nitrogens with one attached hydrogen (secondary N) is 1. The van der Waals surface area contributed by atoms with Crippen LogP contribution in [0.25, 0.3) is 0 Å². The number of hydrogen-bond acceptors (Lipinski definition) is 2. The van der Waals surface area contributed by atoms with E-state index in [4.69, 9.17) is 0 Å². The normalized spacial score (nSPS) is 18.9. The van der Waals surface area contributed by atoms with Crippen LogP contribution in [0.15, 0.2) is 54.1 Å². The molecule has 0 radical (unpaired) electrons. The largest absolute Gasteiger partial charge is 0.343 e. The summed E-state index contributed by atoms with van der Waals surface area (Å²) in [6.07, 6.45) is 13.3. The van der Waals surface area contributed by atoms with Crippen LogP contribution in [0.2, 0.25) is 0 Å². The lowest BCUT2D eigenvalue weighted by Gasteiger charge is -2.32. The summed E-state index contributed by atoms with van der Waals surface area (Å²) in [6, 6.07) is 9.46. The van der Waals surface area contributed by atoms with Gasteiger partial charge in [0.05, 0.1) is 6.04 Å². The van der Waals surface area contributed by atoms with Crippen LogP contribution >= 0.6 is 0 Å². The molecule has 0 saturated heterocycles. The molecule has 3 heteroatoms. The van der Waals surface area contributed by atoms with E-state index in [1.807, 2.05) is 36.4 Å². The van der Waals surface area contributed by atoms with Crippen LogP contribution in [0, 0.1) is 5.92 Å². The molecular formula is C21H25NO2. The molecule has 0 heterocycles. The van der Waals surface area contributed by atoms with Crippen molar-refractivity contribution in [2.24, 2.45) is 5.92 Å². The van der Waals surface area contributed by atoms with Crippen molar-refractivity contribution in [3.63, 3.8) is 0 Å². The van der Waals surface area contributed by atoms with Crippen LogP contribution in [0.1, 0.15) is 44.1 Å². The molecule has 3 nitrogen and oxygen atoms in total. The number of carbonyl (C=O) groups is 2. The highest BCUT2D eigenvalue weighted by molar-refractivity contribution is 6.36. The molecule has 2 aliphatic carbocycles. The van der Waals surface area contributed by atoms with Gasteiger partial charge < -0.3 is 5.32 Å². The Hall–Kier alpha value is -2.16. The Bertz CT molecular complexity index is 639. The Balaban J connectivity index is 1.65. The summed E-state index contributed by atoms with van der Waals surface area (Å²) in [5.41, 5.74) is 2.12. The Morgan fingerprint density at radius 3 is 2.50 bits per heavy atom.